The molecule has 1 heterocycles. The monoisotopic (exact) mass is 256 g/mol. The SMILES string of the molecule is CC(C)(C)OC(=O)N1CC2(CC(C(=O)NO)C2)C1. The third-order valence-electron chi connectivity index (χ3n) is 3.54. The lowest BCUT2D eigenvalue weighted by Crippen LogP contribution is -2.65. The number of hydrogen-bond acceptors (Lipinski definition) is 4. The molecule has 0 aromatic carbocycles. The Morgan fingerprint density at radius 2 is 1.89 bits per heavy atom. The summed E-state index contributed by atoms with van der Waals surface area (Å²) in [6.07, 6.45) is 1.18. The summed E-state index contributed by atoms with van der Waals surface area (Å²) >= 11 is 0. The van der Waals surface area contributed by atoms with E-state index in [0.717, 1.165) is 12.8 Å². The molecule has 1 saturated heterocycles. The molecular weight excluding hydrogens is 236 g/mol. The second kappa shape index (κ2) is 4.12. The van der Waals surface area contributed by atoms with Crippen LogP contribution in [0, 0.1) is 11.3 Å². The first-order valence-electron chi connectivity index (χ1n) is 6.17. The number of carbonyl (C=O) groups excluding carboxylic acids is 2. The van der Waals surface area contributed by atoms with E-state index in [0.29, 0.717) is 13.1 Å². The van der Waals surface area contributed by atoms with E-state index in [-0.39, 0.29) is 23.3 Å². The van der Waals surface area contributed by atoms with E-state index in [1.807, 2.05) is 20.8 Å². The zero-order valence-electron chi connectivity index (χ0n) is 11.0. The van der Waals surface area contributed by atoms with Crippen LogP contribution in [0.2, 0.25) is 0 Å². The highest BCUT2D eigenvalue weighted by molar-refractivity contribution is 5.79. The first-order chi connectivity index (χ1) is 8.25. The van der Waals surface area contributed by atoms with Crippen LogP contribution in [0.15, 0.2) is 0 Å². The maximum absolute atomic E-state index is 11.7. The first-order valence-corrected chi connectivity index (χ1v) is 6.17. The average Bonchev–Trinajstić information content (AvgIpc) is 2.09. The van der Waals surface area contributed by atoms with Crippen LogP contribution in [-0.4, -0.2) is 40.8 Å². The summed E-state index contributed by atoms with van der Waals surface area (Å²) in [6, 6.07) is 0. The molecule has 0 atom stereocenters. The number of nitrogens with zero attached hydrogens (tertiary/aromatic N) is 1. The summed E-state index contributed by atoms with van der Waals surface area (Å²) in [6.45, 7) is 6.82. The Kier molecular flexibility index (Phi) is 3.01. The molecule has 0 aromatic rings. The van der Waals surface area contributed by atoms with E-state index in [4.69, 9.17) is 9.94 Å². The summed E-state index contributed by atoms with van der Waals surface area (Å²) in [5.74, 6) is -0.438. The number of amides is 2. The van der Waals surface area contributed by atoms with Gasteiger partial charge in [-0.05, 0) is 33.6 Å². The molecule has 2 amide bonds. The fourth-order valence-electron chi connectivity index (χ4n) is 2.74. The Morgan fingerprint density at radius 3 is 2.33 bits per heavy atom. The van der Waals surface area contributed by atoms with Crippen LogP contribution in [0.25, 0.3) is 0 Å². The van der Waals surface area contributed by atoms with E-state index in [9.17, 15) is 9.59 Å². The van der Waals surface area contributed by atoms with Crippen LogP contribution in [0.3, 0.4) is 0 Å². The van der Waals surface area contributed by atoms with E-state index in [2.05, 4.69) is 0 Å². The summed E-state index contributed by atoms with van der Waals surface area (Å²) in [4.78, 5) is 24.5. The zero-order chi connectivity index (χ0) is 13.6. The predicted molar refractivity (Wildman–Crippen MR) is 62.9 cm³/mol. The van der Waals surface area contributed by atoms with Crippen LogP contribution in [0.1, 0.15) is 33.6 Å². The van der Waals surface area contributed by atoms with Crippen molar-refractivity contribution in [2.45, 2.75) is 39.2 Å². The first kappa shape index (κ1) is 13.1. The molecule has 2 rings (SSSR count). The molecule has 1 spiro atoms. The van der Waals surface area contributed by atoms with Gasteiger partial charge < -0.3 is 9.64 Å². The van der Waals surface area contributed by atoms with Gasteiger partial charge in [-0.2, -0.15) is 0 Å². The van der Waals surface area contributed by atoms with E-state index < -0.39 is 5.60 Å². The molecule has 18 heavy (non-hydrogen) atoms. The van der Waals surface area contributed by atoms with Crippen LogP contribution in [0.4, 0.5) is 4.79 Å². The second-order valence-corrected chi connectivity index (χ2v) is 6.42. The van der Waals surface area contributed by atoms with Crippen molar-refractivity contribution in [3.05, 3.63) is 0 Å². The molecule has 6 heteroatoms. The second-order valence-electron chi connectivity index (χ2n) is 6.42. The lowest BCUT2D eigenvalue weighted by Gasteiger charge is -2.58. The molecule has 102 valence electrons. The molecular formula is C12H20N2O4. The molecule has 0 unspecified atom stereocenters. The normalized spacial score (nSPS) is 22.1. The third kappa shape index (κ3) is 2.43. The summed E-state index contributed by atoms with van der Waals surface area (Å²) in [5.41, 5.74) is 1.28. The van der Waals surface area contributed by atoms with Gasteiger partial charge in [0.2, 0.25) is 5.91 Å². The van der Waals surface area contributed by atoms with Gasteiger partial charge in [-0.1, -0.05) is 0 Å². The molecule has 1 saturated carbocycles. The van der Waals surface area contributed by atoms with Gasteiger partial charge in [0.15, 0.2) is 0 Å². The van der Waals surface area contributed by atoms with Gasteiger partial charge in [-0.25, -0.2) is 10.3 Å². The van der Waals surface area contributed by atoms with E-state index in [1.54, 1.807) is 10.4 Å². The molecule has 1 aliphatic heterocycles. The molecule has 1 aliphatic carbocycles. The number of nitrogens with one attached hydrogen (secondary N) is 1. The molecule has 0 radical (unpaired) electrons. The Labute approximate surface area is 106 Å². The van der Waals surface area contributed by atoms with Gasteiger partial charge >= 0.3 is 6.09 Å². The molecule has 2 fully saturated rings. The fourth-order valence-corrected chi connectivity index (χ4v) is 2.74. The maximum Gasteiger partial charge on any atom is 0.410 e. The number of likely N-dealkylation sites (tertiary alicyclic amines) is 1. The van der Waals surface area contributed by atoms with Crippen LogP contribution in [-0.2, 0) is 9.53 Å². The lowest BCUT2D eigenvalue weighted by molar-refractivity contribution is -0.150. The van der Waals surface area contributed by atoms with Crippen molar-refractivity contribution < 1.29 is 19.5 Å². The van der Waals surface area contributed by atoms with Gasteiger partial charge in [-0.3, -0.25) is 10.0 Å². The molecule has 2 aliphatic rings. The Morgan fingerprint density at radius 1 is 1.33 bits per heavy atom. The van der Waals surface area contributed by atoms with Crippen LogP contribution in [0.5, 0.6) is 0 Å². The highest BCUT2D eigenvalue weighted by Crippen LogP contribution is 2.52. The Bertz CT molecular complexity index is 361. The maximum atomic E-state index is 11.7. The van der Waals surface area contributed by atoms with Gasteiger partial charge in [0.25, 0.3) is 0 Å². The van der Waals surface area contributed by atoms with E-state index in [1.165, 1.54) is 0 Å². The number of hydroxylamine groups is 1. The smallest absolute Gasteiger partial charge is 0.410 e. The number of rotatable bonds is 1. The standard InChI is InChI=1S/C12H20N2O4/c1-11(2,3)18-10(16)14-6-12(7-14)4-8(5-12)9(15)13-17/h8,17H,4-7H2,1-3H3,(H,13,15). The van der Waals surface area contributed by atoms with Crippen molar-refractivity contribution in [1.82, 2.24) is 10.4 Å². The minimum absolute atomic E-state index is 0.0775. The minimum Gasteiger partial charge on any atom is -0.444 e. The van der Waals surface area contributed by atoms with Gasteiger partial charge in [0.1, 0.15) is 5.60 Å². The molecule has 0 bridgehead atoms. The summed E-state index contributed by atoms with van der Waals surface area (Å²) in [7, 11) is 0. The minimum atomic E-state index is -0.473. The predicted octanol–water partition coefficient (Wildman–Crippen LogP) is 1.14. The lowest BCUT2D eigenvalue weighted by atomic mass is 9.57. The van der Waals surface area contributed by atoms with Gasteiger partial charge in [0, 0.05) is 24.4 Å². The quantitative estimate of drug-likeness (QED) is 0.544. The summed E-state index contributed by atoms with van der Waals surface area (Å²) < 4.78 is 5.27. The van der Waals surface area contributed by atoms with Gasteiger partial charge in [0.05, 0.1) is 0 Å². The van der Waals surface area contributed by atoms with Crippen molar-refractivity contribution >= 4 is 12.0 Å². The Hall–Kier alpha value is -1.30. The molecule has 0 aromatic heterocycles. The fraction of sp³-hybridized carbons (Fsp3) is 0.833. The number of hydrogen-bond donors (Lipinski definition) is 2. The van der Waals surface area contributed by atoms with Gasteiger partial charge in [-0.15, -0.1) is 0 Å². The zero-order valence-corrected chi connectivity index (χ0v) is 11.0. The molecule has 6 nitrogen and oxygen atoms in total. The largest absolute Gasteiger partial charge is 0.444 e. The van der Waals surface area contributed by atoms with E-state index >= 15 is 0 Å². The van der Waals surface area contributed by atoms with Crippen molar-refractivity contribution in [2.75, 3.05) is 13.1 Å². The van der Waals surface area contributed by atoms with Crippen molar-refractivity contribution in [3.8, 4) is 0 Å². The topological polar surface area (TPSA) is 78.9 Å². The molecule has 2 N–H and O–H groups in total. The summed E-state index contributed by atoms with van der Waals surface area (Å²) in [5, 5.41) is 8.51. The van der Waals surface area contributed by atoms with Crippen molar-refractivity contribution in [2.24, 2.45) is 11.3 Å². The number of ether oxygens (including phenoxy) is 1. The highest BCUT2D eigenvalue weighted by Gasteiger charge is 2.56. The van der Waals surface area contributed by atoms with Crippen molar-refractivity contribution in [1.29, 1.82) is 0 Å². The third-order valence-corrected chi connectivity index (χ3v) is 3.54. The Balaban J connectivity index is 1.75. The average molecular weight is 256 g/mol. The van der Waals surface area contributed by atoms with Crippen LogP contribution < -0.4 is 5.48 Å². The van der Waals surface area contributed by atoms with Crippen molar-refractivity contribution in [3.63, 3.8) is 0 Å². The number of carbonyl (C=O) groups is 2. The highest BCUT2D eigenvalue weighted by atomic mass is 16.6. The van der Waals surface area contributed by atoms with Crippen LogP contribution >= 0.6 is 0 Å².